The molecule has 3 heterocycles. The number of hydrazine groups is 1. The molecular weight excluding hydrogens is 697 g/mol. The predicted octanol–water partition coefficient (Wildman–Crippen LogP) is 6.52. The van der Waals surface area contributed by atoms with Crippen LogP contribution in [0.1, 0.15) is 83.4 Å². The first kappa shape index (κ1) is 37.6. The van der Waals surface area contributed by atoms with Gasteiger partial charge >= 0.3 is 6.09 Å². The van der Waals surface area contributed by atoms with Crippen LogP contribution in [0.3, 0.4) is 0 Å². The monoisotopic (exact) mass is 746 g/mol. The van der Waals surface area contributed by atoms with E-state index in [2.05, 4.69) is 80.8 Å². The summed E-state index contributed by atoms with van der Waals surface area (Å²) in [5.41, 5.74) is 9.30. The molecule has 1 saturated heterocycles. The molecule has 4 N–H and O–H groups in total. The largest absolute Gasteiger partial charge is 0.453 e. The molecule has 6 atom stereocenters. The van der Waals surface area contributed by atoms with Gasteiger partial charge in [-0.3, -0.25) is 24.8 Å². The van der Waals surface area contributed by atoms with Gasteiger partial charge in [-0.05, 0) is 92.5 Å². The summed E-state index contributed by atoms with van der Waals surface area (Å²) in [6.07, 6.45) is 7.65. The number of rotatable bonds is 10. The number of hydrogen-bond acceptors (Lipinski definition) is 7. The minimum Gasteiger partial charge on any atom is -0.453 e. The number of aromatic nitrogens is 4. The highest BCUT2D eigenvalue weighted by atomic mass is 16.5. The van der Waals surface area contributed by atoms with Gasteiger partial charge in [0.05, 0.1) is 42.9 Å². The normalized spacial score (nSPS) is 22.1. The second-order valence-corrected chi connectivity index (χ2v) is 15.5. The summed E-state index contributed by atoms with van der Waals surface area (Å²) < 4.78 is 4.72. The summed E-state index contributed by atoms with van der Waals surface area (Å²) in [4.78, 5) is 69.3. The Kier molecular flexibility index (Phi) is 10.6. The molecule has 1 aliphatic heterocycles. The van der Waals surface area contributed by atoms with Crippen molar-refractivity contribution in [3.05, 3.63) is 84.7 Å². The highest BCUT2D eigenvalue weighted by molar-refractivity contribution is 5.89. The van der Waals surface area contributed by atoms with E-state index in [9.17, 15) is 19.2 Å². The summed E-state index contributed by atoms with van der Waals surface area (Å²) in [7, 11) is 1.26. The van der Waals surface area contributed by atoms with Gasteiger partial charge < -0.3 is 24.9 Å². The average Bonchev–Trinajstić information content (AvgIpc) is 4.03. The number of nitrogens with one attached hydrogen (secondary N) is 4. The molecule has 7 rings (SSSR count). The fourth-order valence-electron chi connectivity index (χ4n) is 8.87. The molecule has 3 aliphatic rings. The van der Waals surface area contributed by atoms with Crippen LogP contribution in [0.2, 0.25) is 0 Å². The van der Waals surface area contributed by atoms with Gasteiger partial charge in [0.1, 0.15) is 17.7 Å². The Morgan fingerprint density at radius 1 is 0.855 bits per heavy atom. The van der Waals surface area contributed by atoms with Crippen LogP contribution in [0.25, 0.3) is 33.6 Å². The molecule has 4 aromatic rings. The van der Waals surface area contributed by atoms with Crippen LogP contribution in [-0.4, -0.2) is 79.4 Å². The van der Waals surface area contributed by atoms with Gasteiger partial charge in [0.2, 0.25) is 17.7 Å². The van der Waals surface area contributed by atoms with Crippen molar-refractivity contribution in [3.63, 3.8) is 0 Å². The number of H-pyrrole nitrogens is 2. The number of likely N-dealkylation sites (tertiary alicyclic amines) is 1. The van der Waals surface area contributed by atoms with E-state index in [0.717, 1.165) is 71.6 Å². The van der Waals surface area contributed by atoms with Crippen LogP contribution >= 0.6 is 0 Å². The number of imidazole rings is 2. The number of aromatic amines is 2. The Morgan fingerprint density at radius 2 is 1.42 bits per heavy atom. The first-order valence-electron chi connectivity index (χ1n) is 19.1. The van der Waals surface area contributed by atoms with Crippen molar-refractivity contribution in [2.45, 2.75) is 83.8 Å². The standard InChI is InChI=1S/C42H50N8O5/c1-23(2)37(47-42(54)55-6)41(53)49-19-7-8-34(49)38-43-21-32(45-38)28-13-9-26(10-14-28)27-11-15-29(16-12-27)33-22-44-39(46-33)35-30-17-18-31(20-30)36(35)40(52)48-50(24(3)4)25(5)51/h9-16,21-22,24,30-31,34-37H,1,7-8,17-20H2,2-6H3,(H,43,45)(H,44,46)(H,47,54)(H,48,52)/t30-,31+,34-,35+,36+,37-/m0/s1. The molecule has 2 saturated carbocycles. The number of amides is 4. The fourth-order valence-corrected chi connectivity index (χ4v) is 8.87. The van der Waals surface area contributed by atoms with Crippen LogP contribution in [0.15, 0.2) is 73.1 Å². The van der Waals surface area contributed by atoms with E-state index in [1.54, 1.807) is 18.0 Å². The molecule has 0 radical (unpaired) electrons. The zero-order chi connectivity index (χ0) is 39.0. The number of carbonyl (C=O) groups is 4. The Labute approximate surface area is 321 Å². The number of carbonyl (C=O) groups excluding carboxylic acids is 4. The smallest absolute Gasteiger partial charge is 0.407 e. The Hall–Kier alpha value is -5.72. The molecule has 2 aromatic carbocycles. The summed E-state index contributed by atoms with van der Waals surface area (Å²) in [5.74, 6) is 1.46. The van der Waals surface area contributed by atoms with Gasteiger partial charge in [-0.2, -0.15) is 0 Å². The lowest BCUT2D eigenvalue weighted by atomic mass is 9.78. The SMILES string of the molecule is C=C(C)[C@H](NC(=O)OC)C(=O)N1CCC[C@H]1c1ncc(-c2ccc(-c3ccc(-c4cnc([C@@H]5[C@H]6CC[C@H](C6)[C@H]5C(=O)NN(C(C)=O)C(C)C)[nH]4)cc3)cc2)[nH]1. The highest BCUT2D eigenvalue weighted by Gasteiger charge is 2.53. The minimum absolute atomic E-state index is 0.0129. The van der Waals surface area contributed by atoms with E-state index in [0.29, 0.717) is 23.9 Å². The number of methoxy groups -OCH3 is 1. The van der Waals surface area contributed by atoms with Crippen molar-refractivity contribution < 1.29 is 23.9 Å². The van der Waals surface area contributed by atoms with E-state index in [1.807, 2.05) is 20.0 Å². The lowest BCUT2D eigenvalue weighted by molar-refractivity contribution is -0.145. The molecule has 3 fully saturated rings. The number of ether oxygens (including phenoxy) is 1. The second-order valence-electron chi connectivity index (χ2n) is 15.5. The van der Waals surface area contributed by atoms with Crippen molar-refractivity contribution in [1.82, 2.24) is 40.6 Å². The Balaban J connectivity index is 1.01. The molecule has 4 amide bonds. The fraction of sp³-hybridized carbons (Fsp3) is 0.429. The van der Waals surface area contributed by atoms with Gasteiger partial charge in [-0.25, -0.2) is 14.8 Å². The summed E-state index contributed by atoms with van der Waals surface area (Å²) in [6, 6.07) is 15.3. The number of fused-ring (bicyclic) bond motifs is 2. The predicted molar refractivity (Wildman–Crippen MR) is 208 cm³/mol. The number of nitrogens with zero attached hydrogens (tertiary/aromatic N) is 4. The number of hydrogen-bond donors (Lipinski definition) is 4. The van der Waals surface area contributed by atoms with Crippen molar-refractivity contribution in [2.75, 3.05) is 13.7 Å². The van der Waals surface area contributed by atoms with Crippen molar-refractivity contribution in [2.24, 2.45) is 17.8 Å². The van der Waals surface area contributed by atoms with Gasteiger partial charge in [-0.1, -0.05) is 55.1 Å². The molecule has 13 nitrogen and oxygen atoms in total. The quantitative estimate of drug-likeness (QED) is 0.106. The van der Waals surface area contributed by atoms with E-state index in [-0.39, 0.29) is 47.6 Å². The van der Waals surface area contributed by atoms with E-state index in [4.69, 9.17) is 9.72 Å². The molecule has 2 bridgehead atoms. The molecule has 13 heteroatoms. The van der Waals surface area contributed by atoms with Gasteiger partial charge in [-0.15, -0.1) is 0 Å². The average molecular weight is 747 g/mol. The Morgan fingerprint density at radius 3 is 1.98 bits per heavy atom. The summed E-state index contributed by atoms with van der Waals surface area (Å²) in [6.45, 7) is 11.4. The molecule has 2 aliphatic carbocycles. The topological polar surface area (TPSA) is 165 Å². The molecule has 2 aromatic heterocycles. The second kappa shape index (κ2) is 15.6. The maximum Gasteiger partial charge on any atom is 0.407 e. The Bertz CT molecular complexity index is 2070. The van der Waals surface area contributed by atoms with Crippen molar-refractivity contribution >= 4 is 23.8 Å². The third-order valence-electron chi connectivity index (χ3n) is 11.6. The van der Waals surface area contributed by atoms with Crippen LogP contribution in [-0.2, 0) is 19.1 Å². The van der Waals surface area contributed by atoms with E-state index >= 15 is 0 Å². The van der Waals surface area contributed by atoms with Gasteiger partial charge in [0.25, 0.3) is 0 Å². The first-order valence-corrected chi connectivity index (χ1v) is 19.1. The van der Waals surface area contributed by atoms with Gasteiger partial charge in [0.15, 0.2) is 0 Å². The maximum atomic E-state index is 13.6. The summed E-state index contributed by atoms with van der Waals surface area (Å²) in [5, 5.41) is 4.02. The molecule has 55 heavy (non-hydrogen) atoms. The van der Waals surface area contributed by atoms with Gasteiger partial charge in [0, 0.05) is 25.4 Å². The third-order valence-corrected chi connectivity index (χ3v) is 11.6. The minimum atomic E-state index is -0.878. The van der Waals surface area contributed by atoms with Crippen LogP contribution in [0.4, 0.5) is 4.79 Å². The van der Waals surface area contributed by atoms with Crippen LogP contribution < -0.4 is 10.7 Å². The van der Waals surface area contributed by atoms with Crippen LogP contribution in [0.5, 0.6) is 0 Å². The van der Waals surface area contributed by atoms with E-state index < -0.39 is 12.1 Å². The highest BCUT2D eigenvalue weighted by Crippen LogP contribution is 2.56. The van der Waals surface area contributed by atoms with Crippen LogP contribution in [0, 0.1) is 17.8 Å². The molecule has 0 spiro atoms. The summed E-state index contributed by atoms with van der Waals surface area (Å²) >= 11 is 0. The van der Waals surface area contributed by atoms with Crippen molar-refractivity contribution in [3.8, 4) is 33.6 Å². The first-order chi connectivity index (χ1) is 26.4. The zero-order valence-corrected chi connectivity index (χ0v) is 32.1. The number of alkyl carbamates (subject to hydrolysis) is 1. The zero-order valence-electron chi connectivity index (χ0n) is 32.1. The molecular formula is C42H50N8O5. The molecule has 0 unspecified atom stereocenters. The molecule has 288 valence electrons. The maximum absolute atomic E-state index is 13.6. The number of benzene rings is 2. The third kappa shape index (κ3) is 7.52. The lowest BCUT2D eigenvalue weighted by Crippen LogP contribution is -2.52. The van der Waals surface area contributed by atoms with Crippen molar-refractivity contribution in [1.29, 1.82) is 0 Å². The lowest BCUT2D eigenvalue weighted by Gasteiger charge is -2.32. The van der Waals surface area contributed by atoms with E-state index in [1.165, 1.54) is 19.0 Å².